The Bertz CT molecular complexity index is 928. The molecule has 1 aromatic heterocycles. The van der Waals surface area contributed by atoms with Crippen LogP contribution in [-0.4, -0.2) is 46.3 Å². The van der Waals surface area contributed by atoms with Crippen LogP contribution >= 0.6 is 23.2 Å². The molecular weight excluding hydrogens is 413 g/mol. The number of urea groups is 1. The molecule has 2 heterocycles. The van der Waals surface area contributed by atoms with Gasteiger partial charge in [-0.05, 0) is 51.8 Å². The van der Waals surface area contributed by atoms with Crippen LogP contribution in [0.3, 0.4) is 0 Å². The Balaban J connectivity index is 1.81. The summed E-state index contributed by atoms with van der Waals surface area (Å²) < 4.78 is 1.65. The van der Waals surface area contributed by atoms with Crippen LogP contribution in [0.15, 0.2) is 18.2 Å². The number of benzene rings is 1. The zero-order valence-electron chi connectivity index (χ0n) is 16.8. The summed E-state index contributed by atoms with van der Waals surface area (Å²) in [4.78, 5) is 26.8. The maximum atomic E-state index is 13.0. The molecule has 1 fully saturated rings. The lowest BCUT2D eigenvalue weighted by atomic mass is 9.97. The number of rotatable bonds is 4. The normalized spacial score (nSPS) is 16.6. The van der Waals surface area contributed by atoms with Crippen molar-refractivity contribution < 1.29 is 9.59 Å². The predicted molar refractivity (Wildman–Crippen MR) is 115 cm³/mol. The lowest BCUT2D eigenvalue weighted by Gasteiger charge is -2.32. The van der Waals surface area contributed by atoms with Gasteiger partial charge in [0.15, 0.2) is 0 Å². The summed E-state index contributed by atoms with van der Waals surface area (Å²) in [6, 6.07) is 4.95. The van der Waals surface area contributed by atoms with Gasteiger partial charge in [0.1, 0.15) is 5.82 Å². The standard InChI is InChI=1S/C20H25Cl2N5O2/c1-4-23-19(28)14-6-5-9-26(11-14)20(29)24-18-12(2)13(3)25-27(18)15-7-8-16(21)17(22)10-15/h7-8,10,14H,4-6,9,11H2,1-3H3,(H,23,28)(H,24,29). The van der Waals surface area contributed by atoms with Gasteiger partial charge in [0.2, 0.25) is 5.91 Å². The molecule has 3 amide bonds. The molecule has 1 aliphatic rings. The molecule has 29 heavy (non-hydrogen) atoms. The molecule has 9 heteroatoms. The maximum Gasteiger partial charge on any atom is 0.323 e. The molecule has 0 saturated carbocycles. The summed E-state index contributed by atoms with van der Waals surface area (Å²) in [5.41, 5.74) is 2.36. The lowest BCUT2D eigenvalue weighted by Crippen LogP contribution is -2.47. The molecule has 1 aromatic carbocycles. The molecule has 1 saturated heterocycles. The van der Waals surface area contributed by atoms with Crippen molar-refractivity contribution in [3.05, 3.63) is 39.5 Å². The number of nitrogens with zero attached hydrogens (tertiary/aromatic N) is 3. The van der Waals surface area contributed by atoms with Crippen LogP contribution in [-0.2, 0) is 4.79 Å². The van der Waals surface area contributed by atoms with Gasteiger partial charge in [0.05, 0.1) is 27.3 Å². The third-order valence-corrected chi connectivity index (χ3v) is 5.90. The van der Waals surface area contributed by atoms with Crippen LogP contribution in [0, 0.1) is 19.8 Å². The highest BCUT2D eigenvalue weighted by Gasteiger charge is 2.29. The van der Waals surface area contributed by atoms with E-state index in [-0.39, 0.29) is 17.9 Å². The van der Waals surface area contributed by atoms with Crippen molar-refractivity contribution in [2.75, 3.05) is 25.0 Å². The Morgan fingerprint density at radius 2 is 2.00 bits per heavy atom. The molecule has 0 bridgehead atoms. The molecule has 7 nitrogen and oxygen atoms in total. The molecule has 2 aromatic rings. The number of nitrogens with one attached hydrogen (secondary N) is 2. The number of piperidine rings is 1. The van der Waals surface area contributed by atoms with Crippen molar-refractivity contribution in [1.82, 2.24) is 20.0 Å². The van der Waals surface area contributed by atoms with Crippen LogP contribution in [0.25, 0.3) is 5.69 Å². The Labute approximate surface area is 180 Å². The van der Waals surface area contributed by atoms with Crippen LogP contribution in [0.4, 0.5) is 10.6 Å². The largest absolute Gasteiger partial charge is 0.356 e. The number of carbonyl (C=O) groups is 2. The topological polar surface area (TPSA) is 79.3 Å². The number of amides is 3. The Kier molecular flexibility index (Phi) is 6.70. The number of hydrogen-bond acceptors (Lipinski definition) is 3. The summed E-state index contributed by atoms with van der Waals surface area (Å²) in [6.07, 6.45) is 1.58. The fourth-order valence-electron chi connectivity index (χ4n) is 3.43. The minimum absolute atomic E-state index is 0.00197. The van der Waals surface area contributed by atoms with E-state index in [1.807, 2.05) is 20.8 Å². The third-order valence-electron chi connectivity index (χ3n) is 5.16. The molecule has 156 valence electrons. The van der Waals surface area contributed by atoms with Gasteiger partial charge >= 0.3 is 6.03 Å². The third kappa shape index (κ3) is 4.67. The average Bonchev–Trinajstić information content (AvgIpc) is 2.98. The minimum Gasteiger partial charge on any atom is -0.356 e. The first-order chi connectivity index (χ1) is 13.8. The van der Waals surface area contributed by atoms with Crippen molar-refractivity contribution in [2.45, 2.75) is 33.6 Å². The second kappa shape index (κ2) is 9.05. The van der Waals surface area contributed by atoms with E-state index in [9.17, 15) is 9.59 Å². The molecule has 0 radical (unpaired) electrons. The molecule has 2 N–H and O–H groups in total. The molecular formula is C20H25Cl2N5O2. The summed E-state index contributed by atoms with van der Waals surface area (Å²) >= 11 is 12.2. The molecule has 1 aliphatic heterocycles. The number of carbonyl (C=O) groups excluding carboxylic acids is 2. The second-order valence-electron chi connectivity index (χ2n) is 7.18. The molecule has 1 unspecified atom stereocenters. The van der Waals surface area contributed by atoms with Gasteiger partial charge in [0, 0.05) is 25.2 Å². The minimum atomic E-state index is -0.247. The first kappa shape index (κ1) is 21.5. The van der Waals surface area contributed by atoms with E-state index in [4.69, 9.17) is 23.2 Å². The summed E-state index contributed by atoms with van der Waals surface area (Å²) in [5, 5.41) is 11.2. The quantitative estimate of drug-likeness (QED) is 0.752. The number of aryl methyl sites for hydroxylation is 1. The van der Waals surface area contributed by atoms with Gasteiger partial charge in [-0.25, -0.2) is 9.48 Å². The van der Waals surface area contributed by atoms with E-state index in [2.05, 4.69) is 15.7 Å². The van der Waals surface area contributed by atoms with Crippen LogP contribution < -0.4 is 10.6 Å². The highest BCUT2D eigenvalue weighted by molar-refractivity contribution is 6.42. The Morgan fingerprint density at radius 1 is 1.24 bits per heavy atom. The number of hydrogen-bond donors (Lipinski definition) is 2. The maximum absolute atomic E-state index is 13.0. The van der Waals surface area contributed by atoms with Crippen LogP contribution in [0.2, 0.25) is 10.0 Å². The van der Waals surface area contributed by atoms with Gasteiger partial charge in [-0.1, -0.05) is 23.2 Å². The monoisotopic (exact) mass is 437 g/mol. The number of aromatic nitrogens is 2. The van der Waals surface area contributed by atoms with E-state index in [0.717, 1.165) is 24.1 Å². The van der Waals surface area contributed by atoms with Gasteiger partial charge in [0.25, 0.3) is 0 Å². The SMILES string of the molecule is CCNC(=O)C1CCCN(C(=O)Nc2c(C)c(C)nn2-c2ccc(Cl)c(Cl)c2)C1. The number of likely N-dealkylation sites (tertiary alicyclic amines) is 1. The van der Waals surface area contributed by atoms with E-state index in [0.29, 0.717) is 41.2 Å². The highest BCUT2D eigenvalue weighted by Crippen LogP contribution is 2.28. The van der Waals surface area contributed by atoms with E-state index in [1.54, 1.807) is 27.8 Å². The number of halogens is 2. The predicted octanol–water partition coefficient (Wildman–Crippen LogP) is 4.18. The smallest absolute Gasteiger partial charge is 0.323 e. The molecule has 1 atom stereocenters. The van der Waals surface area contributed by atoms with Crippen LogP contribution in [0.5, 0.6) is 0 Å². The van der Waals surface area contributed by atoms with Crippen LogP contribution in [0.1, 0.15) is 31.0 Å². The summed E-state index contributed by atoms with van der Waals surface area (Å²) in [6.45, 7) is 7.27. The highest BCUT2D eigenvalue weighted by atomic mass is 35.5. The zero-order chi connectivity index (χ0) is 21.1. The summed E-state index contributed by atoms with van der Waals surface area (Å²) in [7, 11) is 0. The zero-order valence-corrected chi connectivity index (χ0v) is 18.3. The van der Waals surface area contributed by atoms with Gasteiger partial charge in [-0.2, -0.15) is 5.10 Å². The van der Waals surface area contributed by atoms with Crippen molar-refractivity contribution in [2.24, 2.45) is 5.92 Å². The van der Waals surface area contributed by atoms with E-state index < -0.39 is 0 Å². The van der Waals surface area contributed by atoms with Gasteiger partial charge < -0.3 is 10.2 Å². The molecule has 0 aliphatic carbocycles. The Hall–Kier alpha value is -2.25. The molecule has 0 spiro atoms. The van der Waals surface area contributed by atoms with Crippen molar-refractivity contribution >= 4 is 41.0 Å². The molecule has 3 rings (SSSR count). The first-order valence-corrected chi connectivity index (χ1v) is 10.4. The fraction of sp³-hybridized carbons (Fsp3) is 0.450. The average molecular weight is 438 g/mol. The van der Waals surface area contributed by atoms with Gasteiger partial charge in [-0.3, -0.25) is 10.1 Å². The van der Waals surface area contributed by atoms with Crippen molar-refractivity contribution in [3.8, 4) is 5.69 Å². The van der Waals surface area contributed by atoms with Crippen molar-refractivity contribution in [1.29, 1.82) is 0 Å². The number of anilines is 1. The second-order valence-corrected chi connectivity index (χ2v) is 7.99. The van der Waals surface area contributed by atoms with E-state index >= 15 is 0 Å². The fourth-order valence-corrected chi connectivity index (χ4v) is 3.72. The van der Waals surface area contributed by atoms with Crippen molar-refractivity contribution in [3.63, 3.8) is 0 Å². The summed E-state index contributed by atoms with van der Waals surface area (Å²) in [5.74, 6) is 0.390. The van der Waals surface area contributed by atoms with Gasteiger partial charge in [-0.15, -0.1) is 0 Å². The van der Waals surface area contributed by atoms with E-state index in [1.165, 1.54) is 0 Å². The lowest BCUT2D eigenvalue weighted by molar-refractivity contribution is -0.126. The Morgan fingerprint density at radius 3 is 2.69 bits per heavy atom. The first-order valence-electron chi connectivity index (χ1n) is 9.67.